The third-order valence-corrected chi connectivity index (χ3v) is 4.05. The van der Waals surface area contributed by atoms with Crippen molar-refractivity contribution < 1.29 is 0 Å². The fourth-order valence-corrected chi connectivity index (χ4v) is 2.72. The highest BCUT2D eigenvalue weighted by Gasteiger charge is 2.22. The van der Waals surface area contributed by atoms with Crippen molar-refractivity contribution in [3.63, 3.8) is 0 Å². The Bertz CT molecular complexity index is 536. The Hall–Kier alpha value is -1.80. The minimum atomic E-state index is 0.291. The van der Waals surface area contributed by atoms with Gasteiger partial charge in [-0.05, 0) is 30.2 Å². The maximum Gasteiger partial charge on any atom is 0.0474 e. The molecule has 0 aromatic heterocycles. The van der Waals surface area contributed by atoms with Crippen molar-refractivity contribution in [1.29, 1.82) is 0 Å². The standard InChI is InChI=1S/C18H24N2/c1-14-8-7-11-17(12-14)20(3)18(13-19)15(2)16-9-5-4-6-10-16/h4-12,15,18H,13,19H2,1-3H3. The number of hydrogen-bond acceptors (Lipinski definition) is 2. The Morgan fingerprint density at radius 2 is 1.75 bits per heavy atom. The van der Waals surface area contributed by atoms with Crippen LogP contribution in [0.3, 0.4) is 0 Å². The Morgan fingerprint density at radius 1 is 1.05 bits per heavy atom. The summed E-state index contributed by atoms with van der Waals surface area (Å²) in [5.41, 5.74) is 9.88. The molecule has 0 aliphatic rings. The number of nitrogens with two attached hydrogens (primary N) is 1. The fourth-order valence-electron chi connectivity index (χ4n) is 2.72. The van der Waals surface area contributed by atoms with E-state index in [1.165, 1.54) is 16.8 Å². The van der Waals surface area contributed by atoms with Gasteiger partial charge in [0.2, 0.25) is 0 Å². The molecular formula is C18H24N2. The van der Waals surface area contributed by atoms with Gasteiger partial charge in [-0.3, -0.25) is 0 Å². The molecule has 20 heavy (non-hydrogen) atoms. The minimum absolute atomic E-state index is 0.291. The number of anilines is 1. The van der Waals surface area contributed by atoms with Crippen molar-refractivity contribution in [2.24, 2.45) is 5.73 Å². The summed E-state index contributed by atoms with van der Waals surface area (Å²) in [4.78, 5) is 2.30. The molecule has 2 unspecified atom stereocenters. The zero-order valence-corrected chi connectivity index (χ0v) is 12.6. The van der Waals surface area contributed by atoms with Gasteiger partial charge < -0.3 is 10.6 Å². The summed E-state index contributed by atoms with van der Waals surface area (Å²) in [5.74, 6) is 0.395. The van der Waals surface area contributed by atoms with Gasteiger partial charge in [0, 0.05) is 31.2 Å². The average Bonchev–Trinajstić information content (AvgIpc) is 2.48. The number of likely N-dealkylation sites (N-methyl/N-ethyl adjacent to an activating group) is 1. The van der Waals surface area contributed by atoms with E-state index in [9.17, 15) is 0 Å². The SMILES string of the molecule is Cc1cccc(N(C)C(CN)C(C)c2ccccc2)c1. The van der Waals surface area contributed by atoms with Crippen molar-refractivity contribution in [3.05, 3.63) is 65.7 Å². The lowest BCUT2D eigenvalue weighted by molar-refractivity contribution is 0.547. The van der Waals surface area contributed by atoms with Crippen LogP contribution >= 0.6 is 0 Å². The van der Waals surface area contributed by atoms with Crippen LogP contribution in [-0.4, -0.2) is 19.6 Å². The zero-order chi connectivity index (χ0) is 14.5. The quantitative estimate of drug-likeness (QED) is 0.898. The lowest BCUT2D eigenvalue weighted by atomic mass is 9.92. The molecular weight excluding hydrogens is 244 g/mol. The lowest BCUT2D eigenvalue weighted by Crippen LogP contribution is -2.41. The molecule has 0 fully saturated rings. The van der Waals surface area contributed by atoms with Crippen LogP contribution in [0.5, 0.6) is 0 Å². The molecule has 2 aromatic carbocycles. The molecule has 0 aliphatic heterocycles. The summed E-state index contributed by atoms with van der Waals surface area (Å²) >= 11 is 0. The van der Waals surface area contributed by atoms with Gasteiger partial charge in [0.05, 0.1) is 0 Å². The minimum Gasteiger partial charge on any atom is -0.370 e. The third kappa shape index (κ3) is 3.20. The molecule has 106 valence electrons. The van der Waals surface area contributed by atoms with Crippen molar-refractivity contribution >= 4 is 5.69 Å². The summed E-state index contributed by atoms with van der Waals surface area (Å²) in [6.07, 6.45) is 0. The molecule has 0 heterocycles. The van der Waals surface area contributed by atoms with Gasteiger partial charge in [-0.2, -0.15) is 0 Å². The largest absolute Gasteiger partial charge is 0.370 e. The van der Waals surface area contributed by atoms with Crippen LogP contribution in [0, 0.1) is 6.92 Å². The first kappa shape index (κ1) is 14.6. The number of hydrogen-bond donors (Lipinski definition) is 1. The number of aryl methyl sites for hydroxylation is 1. The smallest absolute Gasteiger partial charge is 0.0474 e. The number of benzene rings is 2. The monoisotopic (exact) mass is 268 g/mol. The summed E-state index contributed by atoms with van der Waals surface area (Å²) in [6, 6.07) is 19.5. The molecule has 2 heteroatoms. The number of rotatable bonds is 5. The molecule has 2 N–H and O–H groups in total. The van der Waals surface area contributed by atoms with E-state index in [-0.39, 0.29) is 0 Å². The second-order valence-corrected chi connectivity index (χ2v) is 5.45. The van der Waals surface area contributed by atoms with Crippen LogP contribution in [0.25, 0.3) is 0 Å². The third-order valence-electron chi connectivity index (χ3n) is 4.05. The highest BCUT2D eigenvalue weighted by Crippen LogP contribution is 2.26. The molecule has 0 saturated heterocycles. The van der Waals surface area contributed by atoms with Crippen molar-refractivity contribution in [2.75, 3.05) is 18.5 Å². The van der Waals surface area contributed by atoms with E-state index in [0.29, 0.717) is 18.5 Å². The molecule has 0 saturated carbocycles. The van der Waals surface area contributed by atoms with Crippen LogP contribution < -0.4 is 10.6 Å². The molecule has 0 aliphatic carbocycles. The average molecular weight is 268 g/mol. The van der Waals surface area contributed by atoms with Crippen molar-refractivity contribution in [1.82, 2.24) is 0 Å². The predicted octanol–water partition coefficient (Wildman–Crippen LogP) is 3.56. The van der Waals surface area contributed by atoms with Crippen molar-refractivity contribution in [2.45, 2.75) is 25.8 Å². The zero-order valence-electron chi connectivity index (χ0n) is 12.6. The maximum absolute atomic E-state index is 6.05. The second kappa shape index (κ2) is 6.58. The normalized spacial score (nSPS) is 13.8. The summed E-state index contributed by atoms with van der Waals surface area (Å²) in [7, 11) is 2.13. The predicted molar refractivity (Wildman–Crippen MR) is 87.3 cm³/mol. The van der Waals surface area contributed by atoms with Gasteiger partial charge >= 0.3 is 0 Å². The number of nitrogens with zero attached hydrogens (tertiary/aromatic N) is 1. The van der Waals surface area contributed by atoms with Crippen LogP contribution in [0.15, 0.2) is 54.6 Å². The fraction of sp³-hybridized carbons (Fsp3) is 0.333. The Balaban J connectivity index is 2.23. The van der Waals surface area contributed by atoms with Gasteiger partial charge in [-0.1, -0.05) is 49.4 Å². The Kier molecular flexibility index (Phi) is 4.80. The maximum atomic E-state index is 6.05. The first-order valence-electron chi connectivity index (χ1n) is 7.18. The first-order valence-corrected chi connectivity index (χ1v) is 7.18. The Labute approximate surface area is 122 Å². The highest BCUT2D eigenvalue weighted by atomic mass is 15.1. The highest BCUT2D eigenvalue weighted by molar-refractivity contribution is 5.49. The van der Waals surface area contributed by atoms with Gasteiger partial charge in [-0.15, -0.1) is 0 Å². The molecule has 2 nitrogen and oxygen atoms in total. The van der Waals surface area contributed by atoms with E-state index in [4.69, 9.17) is 5.73 Å². The van der Waals surface area contributed by atoms with Gasteiger partial charge in [0.1, 0.15) is 0 Å². The van der Waals surface area contributed by atoms with E-state index in [1.807, 2.05) is 0 Å². The second-order valence-electron chi connectivity index (χ2n) is 5.45. The molecule has 0 radical (unpaired) electrons. The van der Waals surface area contributed by atoms with Crippen molar-refractivity contribution in [3.8, 4) is 0 Å². The summed E-state index contributed by atoms with van der Waals surface area (Å²) in [6.45, 7) is 5.01. The van der Waals surface area contributed by atoms with E-state index in [2.05, 4.69) is 80.4 Å². The summed E-state index contributed by atoms with van der Waals surface area (Å²) in [5, 5.41) is 0. The first-order chi connectivity index (χ1) is 9.63. The topological polar surface area (TPSA) is 29.3 Å². The van der Waals surface area contributed by atoms with E-state index in [0.717, 1.165) is 0 Å². The van der Waals surface area contributed by atoms with Gasteiger partial charge in [-0.25, -0.2) is 0 Å². The van der Waals surface area contributed by atoms with E-state index in [1.54, 1.807) is 0 Å². The molecule has 0 spiro atoms. The van der Waals surface area contributed by atoms with E-state index < -0.39 is 0 Å². The van der Waals surface area contributed by atoms with Gasteiger partial charge in [0.25, 0.3) is 0 Å². The van der Waals surface area contributed by atoms with Crippen LogP contribution in [0.2, 0.25) is 0 Å². The lowest BCUT2D eigenvalue weighted by Gasteiger charge is -2.34. The Morgan fingerprint density at radius 3 is 2.35 bits per heavy atom. The molecule has 0 amide bonds. The van der Waals surface area contributed by atoms with Crippen LogP contribution in [-0.2, 0) is 0 Å². The molecule has 2 rings (SSSR count). The van der Waals surface area contributed by atoms with E-state index >= 15 is 0 Å². The molecule has 2 atom stereocenters. The van der Waals surface area contributed by atoms with Crippen LogP contribution in [0.4, 0.5) is 5.69 Å². The molecule has 0 bridgehead atoms. The van der Waals surface area contributed by atoms with Gasteiger partial charge in [0.15, 0.2) is 0 Å². The summed E-state index contributed by atoms with van der Waals surface area (Å²) < 4.78 is 0. The van der Waals surface area contributed by atoms with Crippen LogP contribution in [0.1, 0.15) is 24.0 Å². The molecule has 2 aromatic rings.